The fourth-order valence-electron chi connectivity index (χ4n) is 2.33. The third-order valence-corrected chi connectivity index (χ3v) is 4.13. The molecule has 0 radical (unpaired) electrons. The minimum absolute atomic E-state index is 0.166. The molecule has 1 fully saturated rings. The van der Waals surface area contributed by atoms with Crippen LogP contribution in [-0.4, -0.2) is 23.9 Å². The van der Waals surface area contributed by atoms with E-state index in [4.69, 9.17) is 0 Å². The zero-order valence-corrected chi connectivity index (χ0v) is 13.1. The van der Waals surface area contributed by atoms with Gasteiger partial charge in [0.25, 0.3) is 0 Å². The van der Waals surface area contributed by atoms with E-state index >= 15 is 0 Å². The summed E-state index contributed by atoms with van der Waals surface area (Å²) in [7, 11) is 0. The largest absolute Gasteiger partial charge is 0.343 e. The molecule has 0 saturated carbocycles. The summed E-state index contributed by atoms with van der Waals surface area (Å²) in [4.78, 5) is 25.9. The maximum Gasteiger partial charge on any atom is 0.250 e. The molecule has 4 nitrogen and oxygen atoms in total. The second-order valence-electron chi connectivity index (χ2n) is 4.91. The van der Waals surface area contributed by atoms with Gasteiger partial charge in [0, 0.05) is 5.69 Å². The van der Waals surface area contributed by atoms with Crippen LogP contribution in [0.2, 0.25) is 0 Å². The number of nitrogens with zero attached hydrogens (tertiary/aromatic N) is 1. The van der Waals surface area contributed by atoms with Gasteiger partial charge < -0.3 is 5.32 Å². The first-order chi connectivity index (χ1) is 9.36. The Kier molecular flexibility index (Phi) is 4.13. The summed E-state index contributed by atoms with van der Waals surface area (Å²) in [6, 6.07) is 1.76. The average Bonchev–Trinajstić information content (AvgIpc) is 2.40. The highest BCUT2D eigenvalue weighted by atomic mass is 79.9. The third kappa shape index (κ3) is 2.44. The van der Waals surface area contributed by atoms with Gasteiger partial charge in [-0.3, -0.25) is 14.5 Å². The van der Waals surface area contributed by atoms with Gasteiger partial charge in [0.1, 0.15) is 17.9 Å². The molecule has 6 heteroatoms. The molecule has 1 aliphatic heterocycles. The molecule has 1 heterocycles. The summed E-state index contributed by atoms with van der Waals surface area (Å²) >= 11 is 3.12. The molecule has 1 aromatic carbocycles. The van der Waals surface area contributed by atoms with E-state index in [1.54, 1.807) is 19.9 Å². The predicted octanol–water partition coefficient (Wildman–Crippen LogP) is 2.53. The molecule has 0 aromatic heterocycles. The molecule has 20 heavy (non-hydrogen) atoms. The topological polar surface area (TPSA) is 49.4 Å². The lowest BCUT2D eigenvalue weighted by molar-refractivity contribution is -0.133. The molecular formula is C14H16BrFN2O2. The number of carbonyl (C=O) groups is 2. The van der Waals surface area contributed by atoms with Gasteiger partial charge in [-0.2, -0.15) is 0 Å². The lowest BCUT2D eigenvalue weighted by Gasteiger charge is -2.37. The average molecular weight is 343 g/mol. The summed E-state index contributed by atoms with van der Waals surface area (Å²) in [5.74, 6) is -0.752. The van der Waals surface area contributed by atoms with Crippen molar-refractivity contribution in [2.24, 2.45) is 0 Å². The smallest absolute Gasteiger partial charge is 0.250 e. The molecule has 1 N–H and O–H groups in total. The molecule has 2 atom stereocenters. The maximum atomic E-state index is 13.5. The summed E-state index contributed by atoms with van der Waals surface area (Å²) in [5.41, 5.74) is 1.18. The number of piperazine rings is 1. The molecular weight excluding hydrogens is 327 g/mol. The van der Waals surface area contributed by atoms with Crippen molar-refractivity contribution in [3.05, 3.63) is 28.0 Å². The number of amides is 2. The standard InChI is InChI=1S/C14H16BrFN2O2/c1-4-11-14(20)18(8(3)13(19)17-11)12-6-9(15)10(16)5-7(12)2/h5-6,8,11H,4H2,1-3H3,(H,17,19). The minimum Gasteiger partial charge on any atom is -0.343 e. The summed E-state index contributed by atoms with van der Waals surface area (Å²) in [6.45, 7) is 5.22. The molecule has 2 rings (SSSR count). The Labute approximate surface area is 125 Å². The van der Waals surface area contributed by atoms with Gasteiger partial charge in [-0.1, -0.05) is 6.92 Å². The Balaban J connectivity index is 2.51. The van der Waals surface area contributed by atoms with E-state index in [2.05, 4.69) is 21.2 Å². The van der Waals surface area contributed by atoms with Crippen molar-refractivity contribution in [3.8, 4) is 0 Å². The zero-order valence-electron chi connectivity index (χ0n) is 11.5. The Morgan fingerprint density at radius 2 is 2.05 bits per heavy atom. The first kappa shape index (κ1) is 15.0. The highest BCUT2D eigenvalue weighted by Crippen LogP contribution is 2.30. The second-order valence-corrected chi connectivity index (χ2v) is 5.76. The quantitative estimate of drug-likeness (QED) is 0.897. The van der Waals surface area contributed by atoms with Crippen LogP contribution < -0.4 is 10.2 Å². The number of nitrogens with one attached hydrogen (secondary N) is 1. The van der Waals surface area contributed by atoms with Crippen LogP contribution in [-0.2, 0) is 9.59 Å². The van der Waals surface area contributed by atoms with E-state index in [1.165, 1.54) is 11.0 Å². The van der Waals surface area contributed by atoms with Crippen molar-refractivity contribution < 1.29 is 14.0 Å². The van der Waals surface area contributed by atoms with Gasteiger partial charge in [-0.05, 0) is 53.9 Å². The first-order valence-corrected chi connectivity index (χ1v) is 7.25. The Morgan fingerprint density at radius 3 is 2.65 bits per heavy atom. The zero-order chi connectivity index (χ0) is 15.0. The fraction of sp³-hybridized carbons (Fsp3) is 0.429. The normalized spacial score (nSPS) is 22.9. The molecule has 0 bridgehead atoms. The van der Waals surface area contributed by atoms with Gasteiger partial charge >= 0.3 is 0 Å². The molecule has 0 spiro atoms. The molecule has 1 aliphatic rings. The van der Waals surface area contributed by atoms with Crippen LogP contribution in [0.3, 0.4) is 0 Å². The van der Waals surface area contributed by atoms with E-state index < -0.39 is 12.1 Å². The molecule has 1 aromatic rings. The first-order valence-electron chi connectivity index (χ1n) is 6.46. The van der Waals surface area contributed by atoms with Gasteiger partial charge in [-0.15, -0.1) is 0 Å². The van der Waals surface area contributed by atoms with Crippen molar-refractivity contribution in [1.29, 1.82) is 0 Å². The van der Waals surface area contributed by atoms with E-state index in [0.717, 1.165) is 0 Å². The number of anilines is 1. The number of benzene rings is 1. The molecule has 2 amide bonds. The molecule has 108 valence electrons. The third-order valence-electron chi connectivity index (χ3n) is 3.53. The number of aryl methyl sites for hydroxylation is 1. The summed E-state index contributed by atoms with van der Waals surface area (Å²) in [5, 5.41) is 2.69. The number of hydrogen-bond donors (Lipinski definition) is 1. The van der Waals surface area contributed by atoms with Gasteiger partial charge in [-0.25, -0.2) is 4.39 Å². The molecule has 1 saturated heterocycles. The van der Waals surface area contributed by atoms with Crippen LogP contribution in [0.25, 0.3) is 0 Å². The maximum absolute atomic E-state index is 13.5. The summed E-state index contributed by atoms with van der Waals surface area (Å²) in [6.07, 6.45) is 0.523. The van der Waals surface area contributed by atoms with Crippen molar-refractivity contribution in [2.45, 2.75) is 39.3 Å². The van der Waals surface area contributed by atoms with Crippen molar-refractivity contribution in [3.63, 3.8) is 0 Å². The van der Waals surface area contributed by atoms with Crippen molar-refractivity contribution in [2.75, 3.05) is 4.90 Å². The van der Waals surface area contributed by atoms with Crippen LogP contribution in [0.4, 0.5) is 10.1 Å². The lowest BCUT2D eigenvalue weighted by Crippen LogP contribution is -2.62. The van der Waals surface area contributed by atoms with E-state index in [9.17, 15) is 14.0 Å². The summed E-state index contributed by atoms with van der Waals surface area (Å²) < 4.78 is 13.8. The number of rotatable bonds is 2. The van der Waals surface area contributed by atoms with E-state index in [1.807, 2.05) is 6.92 Å². The van der Waals surface area contributed by atoms with Crippen molar-refractivity contribution >= 4 is 33.4 Å². The Hall–Kier alpha value is -1.43. The van der Waals surface area contributed by atoms with Gasteiger partial charge in [0.15, 0.2) is 0 Å². The van der Waals surface area contributed by atoms with Gasteiger partial charge in [0.05, 0.1) is 4.47 Å². The SMILES string of the molecule is CCC1NC(=O)C(C)N(c2cc(Br)c(F)cc2C)C1=O. The monoisotopic (exact) mass is 342 g/mol. The van der Waals surface area contributed by atoms with Crippen LogP contribution >= 0.6 is 15.9 Å². The highest BCUT2D eigenvalue weighted by molar-refractivity contribution is 9.10. The Bertz CT molecular complexity index is 577. The predicted molar refractivity (Wildman–Crippen MR) is 78.0 cm³/mol. The lowest BCUT2D eigenvalue weighted by atomic mass is 10.0. The highest BCUT2D eigenvalue weighted by Gasteiger charge is 2.38. The van der Waals surface area contributed by atoms with E-state index in [-0.39, 0.29) is 22.1 Å². The molecule has 0 aliphatic carbocycles. The number of carbonyl (C=O) groups excluding carboxylic acids is 2. The van der Waals surface area contributed by atoms with E-state index in [0.29, 0.717) is 17.7 Å². The minimum atomic E-state index is -0.610. The number of halogens is 2. The Morgan fingerprint density at radius 1 is 1.40 bits per heavy atom. The van der Waals surface area contributed by atoms with Crippen LogP contribution in [0.5, 0.6) is 0 Å². The van der Waals surface area contributed by atoms with Gasteiger partial charge in [0.2, 0.25) is 11.8 Å². The molecule has 2 unspecified atom stereocenters. The fourth-order valence-corrected chi connectivity index (χ4v) is 2.66. The second kappa shape index (κ2) is 5.52. The van der Waals surface area contributed by atoms with Crippen molar-refractivity contribution in [1.82, 2.24) is 5.32 Å². The van der Waals surface area contributed by atoms with Crippen LogP contribution in [0, 0.1) is 12.7 Å². The number of hydrogen-bond acceptors (Lipinski definition) is 2. The van der Waals surface area contributed by atoms with Crippen LogP contribution in [0.15, 0.2) is 16.6 Å². The van der Waals surface area contributed by atoms with Crippen LogP contribution in [0.1, 0.15) is 25.8 Å².